The number of halogens is 1. The minimum atomic E-state index is -0.883. The first-order valence-electron chi connectivity index (χ1n) is 7.36. The monoisotopic (exact) mass is 367 g/mol. The summed E-state index contributed by atoms with van der Waals surface area (Å²) >= 11 is 3.40. The van der Waals surface area contributed by atoms with Crippen molar-refractivity contribution in [3.63, 3.8) is 0 Å². The van der Waals surface area contributed by atoms with Crippen molar-refractivity contribution < 1.29 is 9.59 Å². The van der Waals surface area contributed by atoms with Gasteiger partial charge in [0.05, 0.1) is 0 Å². The maximum absolute atomic E-state index is 12.5. The van der Waals surface area contributed by atoms with E-state index in [9.17, 15) is 9.59 Å². The highest BCUT2D eigenvalue weighted by Gasteiger charge is 2.56. The number of nitrogens with zero attached hydrogens (tertiary/aromatic N) is 1. The van der Waals surface area contributed by atoms with E-state index < -0.39 is 5.41 Å². The molecule has 0 saturated heterocycles. The van der Waals surface area contributed by atoms with Crippen LogP contribution in [0.2, 0.25) is 0 Å². The summed E-state index contributed by atoms with van der Waals surface area (Å²) in [7, 11) is 3.89. The quantitative estimate of drug-likeness (QED) is 0.757. The van der Waals surface area contributed by atoms with Gasteiger partial charge in [0, 0.05) is 23.2 Å². The number of nitrogens with one attached hydrogen (secondary N) is 2. The fraction of sp³-hybridized carbons (Fsp3) is 0.500. The summed E-state index contributed by atoms with van der Waals surface area (Å²) in [4.78, 5) is 26.8. The molecule has 1 aromatic rings. The summed E-state index contributed by atoms with van der Waals surface area (Å²) in [6.07, 6.45) is 1.23. The van der Waals surface area contributed by atoms with Crippen molar-refractivity contribution in [1.82, 2.24) is 10.2 Å². The van der Waals surface area contributed by atoms with Gasteiger partial charge in [-0.2, -0.15) is 0 Å². The molecule has 1 aromatic carbocycles. The van der Waals surface area contributed by atoms with Crippen LogP contribution in [0.15, 0.2) is 22.7 Å². The van der Waals surface area contributed by atoms with Gasteiger partial charge in [0.1, 0.15) is 5.41 Å². The minimum absolute atomic E-state index is 0.165. The largest absolute Gasteiger partial charge is 0.354 e. The first-order chi connectivity index (χ1) is 10.3. The molecule has 1 saturated carbocycles. The average Bonchev–Trinajstić information content (AvgIpc) is 3.23. The van der Waals surface area contributed by atoms with Crippen LogP contribution in [0.5, 0.6) is 0 Å². The third-order valence-corrected chi connectivity index (χ3v) is 4.39. The SMILES string of the molecule is Cc1cc(Br)ccc1NC(=O)C1(C(=O)NCCN(C)C)CC1. The molecule has 0 bridgehead atoms. The number of carbonyl (C=O) groups excluding carboxylic acids is 2. The van der Waals surface area contributed by atoms with Crippen LogP contribution in [0.25, 0.3) is 0 Å². The van der Waals surface area contributed by atoms with Crippen molar-refractivity contribution in [1.29, 1.82) is 0 Å². The second-order valence-electron chi connectivity index (χ2n) is 6.05. The molecule has 0 heterocycles. The average molecular weight is 368 g/mol. The number of amides is 2. The van der Waals surface area contributed by atoms with E-state index >= 15 is 0 Å². The number of rotatable bonds is 6. The molecule has 0 aliphatic heterocycles. The topological polar surface area (TPSA) is 61.4 Å². The fourth-order valence-electron chi connectivity index (χ4n) is 2.25. The third-order valence-electron chi connectivity index (χ3n) is 3.90. The Hall–Kier alpha value is -1.40. The van der Waals surface area contributed by atoms with Crippen LogP contribution in [-0.2, 0) is 9.59 Å². The highest BCUT2D eigenvalue weighted by molar-refractivity contribution is 9.10. The van der Waals surface area contributed by atoms with Gasteiger partial charge < -0.3 is 15.5 Å². The number of benzene rings is 1. The molecule has 1 aliphatic rings. The molecule has 1 aliphatic carbocycles. The molecule has 5 nitrogen and oxygen atoms in total. The minimum Gasteiger partial charge on any atom is -0.354 e. The third kappa shape index (κ3) is 3.87. The molecular weight excluding hydrogens is 346 g/mol. The van der Waals surface area contributed by atoms with Gasteiger partial charge in [-0.1, -0.05) is 15.9 Å². The van der Waals surface area contributed by atoms with Crippen LogP contribution in [-0.4, -0.2) is 43.9 Å². The molecule has 2 N–H and O–H groups in total. The number of carbonyl (C=O) groups is 2. The summed E-state index contributed by atoms with van der Waals surface area (Å²) in [6.45, 7) is 3.24. The molecule has 1 fully saturated rings. The first-order valence-corrected chi connectivity index (χ1v) is 8.15. The van der Waals surface area contributed by atoms with Crippen molar-refractivity contribution in [3.05, 3.63) is 28.2 Å². The van der Waals surface area contributed by atoms with E-state index in [-0.39, 0.29) is 11.8 Å². The predicted molar refractivity (Wildman–Crippen MR) is 90.7 cm³/mol. The number of anilines is 1. The van der Waals surface area contributed by atoms with Crippen LogP contribution in [0.1, 0.15) is 18.4 Å². The van der Waals surface area contributed by atoms with Gasteiger partial charge >= 0.3 is 0 Å². The Morgan fingerprint density at radius 1 is 1.27 bits per heavy atom. The van der Waals surface area contributed by atoms with Crippen molar-refractivity contribution in [2.24, 2.45) is 5.41 Å². The summed E-state index contributed by atoms with van der Waals surface area (Å²) in [6, 6.07) is 5.66. The Morgan fingerprint density at radius 2 is 1.95 bits per heavy atom. The van der Waals surface area contributed by atoms with Crippen molar-refractivity contribution in [2.75, 3.05) is 32.5 Å². The molecule has 0 aromatic heterocycles. The normalized spacial score (nSPS) is 15.5. The van der Waals surface area contributed by atoms with E-state index in [1.807, 2.05) is 44.1 Å². The van der Waals surface area contributed by atoms with Crippen molar-refractivity contribution in [3.8, 4) is 0 Å². The van der Waals surface area contributed by atoms with E-state index in [2.05, 4.69) is 26.6 Å². The Bertz CT molecular complexity index is 583. The Labute approximate surface area is 139 Å². The van der Waals surface area contributed by atoms with Crippen LogP contribution in [0, 0.1) is 12.3 Å². The summed E-state index contributed by atoms with van der Waals surface area (Å²) in [5.41, 5.74) is 0.832. The van der Waals surface area contributed by atoms with Crippen molar-refractivity contribution >= 4 is 33.4 Å². The molecule has 0 atom stereocenters. The van der Waals surface area contributed by atoms with Crippen molar-refractivity contribution in [2.45, 2.75) is 19.8 Å². The van der Waals surface area contributed by atoms with E-state index in [1.165, 1.54) is 0 Å². The van der Waals surface area contributed by atoms with Crippen LogP contribution < -0.4 is 10.6 Å². The van der Waals surface area contributed by atoms with Gasteiger partial charge in [0.25, 0.3) is 0 Å². The van der Waals surface area contributed by atoms with Gasteiger partial charge in [-0.25, -0.2) is 0 Å². The van der Waals surface area contributed by atoms with E-state index in [4.69, 9.17) is 0 Å². The van der Waals surface area contributed by atoms with Crippen LogP contribution >= 0.6 is 15.9 Å². The van der Waals surface area contributed by atoms with Gasteiger partial charge in [0.2, 0.25) is 11.8 Å². The summed E-state index contributed by atoms with van der Waals surface area (Å²) in [5, 5.41) is 5.75. The molecule has 2 amide bonds. The molecule has 0 unspecified atom stereocenters. The zero-order chi connectivity index (χ0) is 16.3. The highest BCUT2D eigenvalue weighted by atomic mass is 79.9. The molecule has 22 heavy (non-hydrogen) atoms. The molecule has 120 valence electrons. The maximum atomic E-state index is 12.5. The maximum Gasteiger partial charge on any atom is 0.240 e. The van der Waals surface area contributed by atoms with Gasteiger partial charge in [-0.3, -0.25) is 9.59 Å². The van der Waals surface area contributed by atoms with Crippen LogP contribution in [0.4, 0.5) is 5.69 Å². The summed E-state index contributed by atoms with van der Waals surface area (Å²) < 4.78 is 0.963. The lowest BCUT2D eigenvalue weighted by molar-refractivity contribution is -0.134. The standard InChI is InChI=1S/C16H22BrN3O2/c1-11-10-12(17)4-5-13(11)19-15(22)16(6-7-16)14(21)18-8-9-20(2)3/h4-5,10H,6-9H2,1-3H3,(H,18,21)(H,19,22). The number of hydrogen-bond donors (Lipinski definition) is 2. The molecule has 0 radical (unpaired) electrons. The lowest BCUT2D eigenvalue weighted by Crippen LogP contribution is -2.42. The summed E-state index contributed by atoms with van der Waals surface area (Å²) in [5.74, 6) is -0.373. The van der Waals surface area contributed by atoms with Gasteiger partial charge in [0.15, 0.2) is 0 Å². The predicted octanol–water partition coefficient (Wildman–Crippen LogP) is 2.15. The number of likely N-dealkylation sites (N-methyl/N-ethyl adjacent to an activating group) is 1. The van der Waals surface area contributed by atoms with Crippen LogP contribution in [0.3, 0.4) is 0 Å². The van der Waals surface area contributed by atoms with E-state index in [0.29, 0.717) is 19.4 Å². The molecule has 0 spiro atoms. The number of aryl methyl sites for hydroxylation is 1. The zero-order valence-electron chi connectivity index (χ0n) is 13.2. The smallest absolute Gasteiger partial charge is 0.240 e. The lowest BCUT2D eigenvalue weighted by Gasteiger charge is -2.17. The Kier molecular flexibility index (Phi) is 5.24. The molecule has 2 rings (SSSR count). The second kappa shape index (κ2) is 6.79. The van der Waals surface area contributed by atoms with Gasteiger partial charge in [-0.05, 0) is 57.6 Å². The highest BCUT2D eigenvalue weighted by Crippen LogP contribution is 2.47. The Morgan fingerprint density at radius 3 is 2.50 bits per heavy atom. The molecular formula is C16H22BrN3O2. The molecule has 6 heteroatoms. The van der Waals surface area contributed by atoms with Gasteiger partial charge in [-0.15, -0.1) is 0 Å². The second-order valence-corrected chi connectivity index (χ2v) is 6.97. The Balaban J connectivity index is 1.97. The van der Waals surface area contributed by atoms with E-state index in [1.54, 1.807) is 0 Å². The lowest BCUT2D eigenvalue weighted by atomic mass is 10.0. The fourth-order valence-corrected chi connectivity index (χ4v) is 2.73. The number of hydrogen-bond acceptors (Lipinski definition) is 3. The first kappa shape index (κ1) is 17.0. The van der Waals surface area contributed by atoms with E-state index in [0.717, 1.165) is 22.3 Å². The zero-order valence-corrected chi connectivity index (χ0v) is 14.8.